The van der Waals surface area contributed by atoms with Crippen molar-refractivity contribution in [2.45, 2.75) is 19.5 Å². The summed E-state index contributed by atoms with van der Waals surface area (Å²) in [6, 6.07) is 4.88. The Morgan fingerprint density at radius 1 is 1.12 bits per heavy atom. The normalized spacial score (nSPS) is 13.5. The molecule has 0 aliphatic carbocycles. The van der Waals surface area contributed by atoms with Gasteiger partial charge in [0.25, 0.3) is 5.56 Å². The van der Waals surface area contributed by atoms with E-state index in [-0.39, 0.29) is 30.2 Å². The van der Waals surface area contributed by atoms with E-state index in [0.29, 0.717) is 41.9 Å². The summed E-state index contributed by atoms with van der Waals surface area (Å²) in [6.45, 7) is 1.09. The Labute approximate surface area is 182 Å². The Balaban J connectivity index is 1.66. The van der Waals surface area contributed by atoms with Crippen LogP contribution in [0.15, 0.2) is 41.7 Å². The molecule has 1 aliphatic rings. The van der Waals surface area contributed by atoms with Gasteiger partial charge < -0.3 is 20.2 Å². The van der Waals surface area contributed by atoms with Crippen LogP contribution >= 0.6 is 0 Å². The van der Waals surface area contributed by atoms with Gasteiger partial charge in [-0.15, -0.1) is 0 Å². The van der Waals surface area contributed by atoms with Gasteiger partial charge in [0, 0.05) is 31.9 Å². The standard InChI is InChI=1S/C22H22N6O4/c1-26-10-15(9-24-26)20-21-16(22(32)28(4-5-29)12-23-21)8-19(25-20)27-3-2-13-6-17(30)18(31)7-14(13)11-27/h6-10,12,29-31H,2-5,11H2,1H3. The first-order valence-electron chi connectivity index (χ1n) is 10.2. The van der Waals surface area contributed by atoms with Crippen LogP contribution in [-0.2, 0) is 26.6 Å². The molecule has 1 aromatic carbocycles. The molecule has 0 saturated heterocycles. The van der Waals surface area contributed by atoms with Crippen LogP contribution in [0.1, 0.15) is 11.1 Å². The van der Waals surface area contributed by atoms with Crippen LogP contribution < -0.4 is 10.5 Å². The second-order valence-corrected chi connectivity index (χ2v) is 7.88. The molecular weight excluding hydrogens is 412 g/mol. The number of fused-ring (bicyclic) bond motifs is 2. The van der Waals surface area contributed by atoms with E-state index in [1.54, 1.807) is 36.1 Å². The Morgan fingerprint density at radius 3 is 2.62 bits per heavy atom. The minimum absolute atomic E-state index is 0.129. The Hall–Kier alpha value is -3.92. The Bertz CT molecular complexity index is 1390. The number of hydrogen-bond donors (Lipinski definition) is 3. The summed E-state index contributed by atoms with van der Waals surface area (Å²) in [7, 11) is 1.81. The molecule has 0 atom stereocenters. The molecule has 3 aromatic heterocycles. The molecule has 10 heteroatoms. The van der Waals surface area contributed by atoms with Crippen molar-refractivity contribution >= 4 is 16.7 Å². The van der Waals surface area contributed by atoms with Crippen LogP contribution in [0.25, 0.3) is 22.2 Å². The maximum Gasteiger partial charge on any atom is 0.261 e. The summed E-state index contributed by atoms with van der Waals surface area (Å²) >= 11 is 0. The molecule has 0 fully saturated rings. The quantitative estimate of drug-likeness (QED) is 0.408. The fraction of sp³-hybridized carbons (Fsp3) is 0.273. The number of pyridine rings is 1. The maximum atomic E-state index is 13.1. The highest BCUT2D eigenvalue weighted by Gasteiger charge is 2.22. The lowest BCUT2D eigenvalue weighted by atomic mass is 9.98. The van der Waals surface area contributed by atoms with Gasteiger partial charge >= 0.3 is 0 Å². The monoisotopic (exact) mass is 434 g/mol. The first-order valence-corrected chi connectivity index (χ1v) is 10.2. The predicted octanol–water partition coefficient (Wildman–Crippen LogP) is 1.16. The summed E-state index contributed by atoms with van der Waals surface area (Å²) in [4.78, 5) is 24.4. The number of nitrogens with zero attached hydrogens (tertiary/aromatic N) is 6. The highest BCUT2D eigenvalue weighted by molar-refractivity contribution is 5.92. The number of rotatable bonds is 4. The van der Waals surface area contributed by atoms with E-state index in [0.717, 1.165) is 16.7 Å². The molecule has 5 rings (SSSR count). The van der Waals surface area contributed by atoms with Gasteiger partial charge in [0.1, 0.15) is 17.0 Å². The highest BCUT2D eigenvalue weighted by Crippen LogP contribution is 2.34. The number of hydrogen-bond acceptors (Lipinski definition) is 8. The minimum Gasteiger partial charge on any atom is -0.504 e. The van der Waals surface area contributed by atoms with Crippen molar-refractivity contribution in [2.24, 2.45) is 7.05 Å². The van der Waals surface area contributed by atoms with Crippen molar-refractivity contribution in [1.29, 1.82) is 0 Å². The number of aliphatic hydroxyl groups is 1. The minimum atomic E-state index is -0.252. The van der Waals surface area contributed by atoms with E-state index in [9.17, 15) is 20.1 Å². The lowest BCUT2D eigenvalue weighted by Crippen LogP contribution is -2.31. The molecule has 10 nitrogen and oxygen atoms in total. The van der Waals surface area contributed by atoms with Crippen molar-refractivity contribution in [3.63, 3.8) is 0 Å². The largest absolute Gasteiger partial charge is 0.504 e. The van der Waals surface area contributed by atoms with E-state index in [2.05, 4.69) is 10.1 Å². The average Bonchev–Trinajstić information content (AvgIpc) is 3.22. The number of aliphatic hydroxyl groups excluding tert-OH is 1. The Kier molecular flexibility index (Phi) is 4.78. The van der Waals surface area contributed by atoms with Crippen LogP contribution in [0.3, 0.4) is 0 Å². The number of aryl methyl sites for hydroxylation is 1. The first-order chi connectivity index (χ1) is 15.4. The molecule has 0 unspecified atom stereocenters. The molecule has 0 saturated carbocycles. The first kappa shape index (κ1) is 20.0. The zero-order chi connectivity index (χ0) is 22.4. The molecule has 1 aliphatic heterocycles. The topological polar surface area (TPSA) is 130 Å². The smallest absolute Gasteiger partial charge is 0.261 e. The highest BCUT2D eigenvalue weighted by atomic mass is 16.3. The van der Waals surface area contributed by atoms with E-state index in [1.165, 1.54) is 10.9 Å². The number of benzene rings is 1. The third-order valence-electron chi connectivity index (χ3n) is 5.75. The molecule has 0 spiro atoms. The zero-order valence-corrected chi connectivity index (χ0v) is 17.4. The van der Waals surface area contributed by atoms with Crippen molar-refractivity contribution in [2.75, 3.05) is 18.1 Å². The van der Waals surface area contributed by atoms with Gasteiger partial charge in [0.05, 0.1) is 31.1 Å². The van der Waals surface area contributed by atoms with Gasteiger partial charge in [-0.05, 0) is 35.7 Å². The molecule has 4 heterocycles. The zero-order valence-electron chi connectivity index (χ0n) is 17.4. The lowest BCUT2D eigenvalue weighted by molar-refractivity contribution is 0.274. The summed E-state index contributed by atoms with van der Waals surface area (Å²) in [6.07, 6.45) is 5.58. The van der Waals surface area contributed by atoms with Gasteiger partial charge in [-0.1, -0.05) is 0 Å². The van der Waals surface area contributed by atoms with Crippen LogP contribution in [0.5, 0.6) is 11.5 Å². The number of anilines is 1. The second kappa shape index (κ2) is 7.65. The van der Waals surface area contributed by atoms with Gasteiger partial charge in [-0.2, -0.15) is 5.10 Å². The number of aromatic nitrogens is 5. The average molecular weight is 434 g/mol. The molecule has 3 N–H and O–H groups in total. The van der Waals surface area contributed by atoms with Crippen molar-refractivity contribution < 1.29 is 15.3 Å². The van der Waals surface area contributed by atoms with Crippen molar-refractivity contribution in [3.05, 3.63) is 58.4 Å². The van der Waals surface area contributed by atoms with Gasteiger partial charge in [-0.3, -0.25) is 14.0 Å². The fourth-order valence-electron chi connectivity index (χ4n) is 4.11. The van der Waals surface area contributed by atoms with Crippen LogP contribution in [0, 0.1) is 0 Å². The number of aromatic hydroxyl groups is 2. The van der Waals surface area contributed by atoms with Crippen LogP contribution in [-0.4, -0.2) is 52.8 Å². The molecule has 0 amide bonds. The summed E-state index contributed by atoms with van der Waals surface area (Å²) in [5, 5.41) is 33.6. The lowest BCUT2D eigenvalue weighted by Gasteiger charge is -2.30. The molecular formula is C22H22N6O4. The van der Waals surface area contributed by atoms with Crippen LogP contribution in [0.4, 0.5) is 5.82 Å². The van der Waals surface area contributed by atoms with Crippen molar-refractivity contribution in [3.8, 4) is 22.8 Å². The SMILES string of the molecule is Cn1cc(-c2nc(N3CCc4cc(O)c(O)cc4C3)cc3c(=O)n(CCO)cnc23)cn1. The Morgan fingerprint density at radius 2 is 1.91 bits per heavy atom. The van der Waals surface area contributed by atoms with Crippen LogP contribution in [0.2, 0.25) is 0 Å². The van der Waals surface area contributed by atoms with E-state index in [4.69, 9.17) is 4.98 Å². The fourth-order valence-corrected chi connectivity index (χ4v) is 4.11. The molecule has 4 aromatic rings. The number of phenolic OH excluding ortho intramolecular Hbond substituents is 2. The molecule has 0 bridgehead atoms. The molecule has 32 heavy (non-hydrogen) atoms. The molecule has 164 valence electrons. The summed E-state index contributed by atoms with van der Waals surface area (Å²) in [5.41, 5.74) is 3.38. The predicted molar refractivity (Wildman–Crippen MR) is 118 cm³/mol. The van der Waals surface area contributed by atoms with Gasteiger partial charge in [0.15, 0.2) is 11.5 Å². The second-order valence-electron chi connectivity index (χ2n) is 7.88. The molecule has 0 radical (unpaired) electrons. The van der Waals surface area contributed by atoms with E-state index < -0.39 is 0 Å². The van der Waals surface area contributed by atoms with Gasteiger partial charge in [-0.25, -0.2) is 9.97 Å². The van der Waals surface area contributed by atoms with E-state index >= 15 is 0 Å². The van der Waals surface area contributed by atoms with E-state index in [1.807, 2.05) is 11.1 Å². The summed E-state index contributed by atoms with van der Waals surface area (Å²) in [5.74, 6) is 0.315. The number of phenols is 2. The van der Waals surface area contributed by atoms with Crippen molar-refractivity contribution in [1.82, 2.24) is 24.3 Å². The third-order valence-corrected chi connectivity index (χ3v) is 5.75. The summed E-state index contributed by atoms with van der Waals surface area (Å²) < 4.78 is 3.04. The third kappa shape index (κ3) is 3.34. The maximum absolute atomic E-state index is 13.1. The van der Waals surface area contributed by atoms with Gasteiger partial charge in [0.2, 0.25) is 0 Å².